The van der Waals surface area contributed by atoms with Gasteiger partial charge in [-0.2, -0.15) is 0 Å². The molecule has 0 saturated heterocycles. The van der Waals surface area contributed by atoms with Crippen molar-refractivity contribution >= 4 is 8.80 Å². The molecule has 1 unspecified atom stereocenters. The molecule has 0 aromatic heterocycles. The molecule has 1 radical (unpaired) electrons. The van der Waals surface area contributed by atoms with Crippen LogP contribution in [0.15, 0.2) is 0 Å². The maximum atomic E-state index is 2.49. The molecular weight excluding hydrogens is 136 g/mol. The molecule has 3 fully saturated rings. The summed E-state index contributed by atoms with van der Waals surface area (Å²) in [6, 6.07) is 0. The molecule has 0 N–H and O–H groups in total. The highest BCUT2D eigenvalue weighted by molar-refractivity contribution is 6.57. The van der Waals surface area contributed by atoms with Crippen molar-refractivity contribution in [1.82, 2.24) is 0 Å². The molecule has 3 saturated carbocycles. The second-order valence-corrected chi connectivity index (χ2v) is 7.25. The molecule has 1 atom stereocenters. The van der Waals surface area contributed by atoms with Crippen molar-refractivity contribution in [2.45, 2.75) is 44.3 Å². The summed E-state index contributed by atoms with van der Waals surface area (Å²) in [5, 5.41) is 0. The van der Waals surface area contributed by atoms with Gasteiger partial charge in [-0.15, -0.1) is 0 Å². The third kappa shape index (κ3) is 0.951. The van der Waals surface area contributed by atoms with Crippen LogP contribution in [0.25, 0.3) is 0 Å². The number of fused-ring (bicyclic) bond motifs is 2. The van der Waals surface area contributed by atoms with E-state index in [2.05, 4.69) is 13.1 Å². The van der Waals surface area contributed by atoms with Crippen LogP contribution in [-0.4, -0.2) is 8.80 Å². The Bertz CT molecular complexity index is 122. The van der Waals surface area contributed by atoms with Gasteiger partial charge in [-0.3, -0.25) is 0 Å². The highest BCUT2D eigenvalue weighted by Gasteiger charge is 2.40. The fourth-order valence-corrected chi connectivity index (χ4v) is 4.72. The van der Waals surface area contributed by atoms with Gasteiger partial charge >= 0.3 is 0 Å². The minimum absolute atomic E-state index is 0.0540. The number of hydrogen-bond acceptors (Lipinski definition) is 0. The normalized spacial score (nSPS) is 45.3. The summed E-state index contributed by atoms with van der Waals surface area (Å²) in [5.74, 6) is 2.35. The Kier molecular flexibility index (Phi) is 1.63. The Hall–Kier alpha value is 0.217. The lowest BCUT2D eigenvalue weighted by Gasteiger charge is -2.48. The number of hydrogen-bond donors (Lipinski definition) is 0. The van der Waals surface area contributed by atoms with E-state index in [1.165, 1.54) is 17.4 Å². The van der Waals surface area contributed by atoms with Crippen molar-refractivity contribution in [3.05, 3.63) is 0 Å². The quantitative estimate of drug-likeness (QED) is 0.508. The molecule has 0 spiro atoms. The third-order valence-electron chi connectivity index (χ3n) is 3.47. The zero-order valence-corrected chi connectivity index (χ0v) is 8.06. The first-order chi connectivity index (χ1) is 4.77. The maximum Gasteiger partial charge on any atom is 0.0448 e. The molecule has 1 heteroatoms. The Balaban J connectivity index is 1.96. The fraction of sp³-hybridized carbons (Fsp3) is 1.00. The number of rotatable bonds is 1. The van der Waals surface area contributed by atoms with Crippen LogP contribution in [0.4, 0.5) is 0 Å². The molecule has 57 valence electrons. The van der Waals surface area contributed by atoms with Crippen LogP contribution in [0, 0.1) is 11.8 Å². The molecular formula is C9H17Si. The fourth-order valence-electron chi connectivity index (χ4n) is 2.76. The van der Waals surface area contributed by atoms with Gasteiger partial charge in [0, 0.05) is 8.80 Å². The van der Waals surface area contributed by atoms with Crippen molar-refractivity contribution < 1.29 is 0 Å². The zero-order valence-electron chi connectivity index (χ0n) is 7.06. The topological polar surface area (TPSA) is 0 Å². The molecule has 2 bridgehead atoms. The smallest absolute Gasteiger partial charge is 0.0448 e. The molecule has 3 aliphatic carbocycles. The molecule has 3 aliphatic rings. The molecule has 0 amide bonds. The van der Waals surface area contributed by atoms with E-state index in [-0.39, 0.29) is 8.80 Å². The van der Waals surface area contributed by atoms with Crippen molar-refractivity contribution in [3.63, 3.8) is 0 Å². The van der Waals surface area contributed by atoms with Gasteiger partial charge in [-0.05, 0) is 30.2 Å². The van der Waals surface area contributed by atoms with E-state index in [1.807, 2.05) is 0 Å². The molecule has 3 rings (SSSR count). The van der Waals surface area contributed by atoms with Gasteiger partial charge in [0.1, 0.15) is 0 Å². The second-order valence-electron chi connectivity index (χ2n) is 4.36. The second kappa shape index (κ2) is 2.37. The zero-order chi connectivity index (χ0) is 7.14. The SMILES string of the molecule is C[Si](C)C1CCC2CC1C2. The van der Waals surface area contributed by atoms with Gasteiger partial charge in [-0.25, -0.2) is 0 Å². The van der Waals surface area contributed by atoms with Crippen LogP contribution in [-0.2, 0) is 0 Å². The van der Waals surface area contributed by atoms with Gasteiger partial charge in [0.2, 0.25) is 0 Å². The highest BCUT2D eigenvalue weighted by Crippen LogP contribution is 2.52. The summed E-state index contributed by atoms with van der Waals surface area (Å²) in [7, 11) is 0.0540. The Morgan fingerprint density at radius 3 is 2.10 bits per heavy atom. The maximum absolute atomic E-state index is 2.49. The van der Waals surface area contributed by atoms with Crippen LogP contribution in [0.1, 0.15) is 25.7 Å². The van der Waals surface area contributed by atoms with Crippen molar-refractivity contribution in [3.8, 4) is 0 Å². The van der Waals surface area contributed by atoms with Gasteiger partial charge in [-0.1, -0.05) is 25.9 Å². The first kappa shape index (κ1) is 6.90. The van der Waals surface area contributed by atoms with Crippen molar-refractivity contribution in [2.24, 2.45) is 11.8 Å². The molecule has 0 aromatic rings. The summed E-state index contributed by atoms with van der Waals surface area (Å²) in [6.07, 6.45) is 6.34. The summed E-state index contributed by atoms with van der Waals surface area (Å²) in [6.45, 7) is 4.99. The lowest BCUT2D eigenvalue weighted by atomic mass is 9.65. The third-order valence-corrected chi connectivity index (χ3v) is 5.71. The van der Waals surface area contributed by atoms with Crippen LogP contribution >= 0.6 is 0 Å². The Labute approximate surface area is 65.6 Å². The predicted molar refractivity (Wildman–Crippen MR) is 46.7 cm³/mol. The first-order valence-corrected chi connectivity index (χ1v) is 7.15. The van der Waals surface area contributed by atoms with E-state index >= 15 is 0 Å². The monoisotopic (exact) mass is 153 g/mol. The average Bonchev–Trinajstić information content (AvgIpc) is 1.86. The van der Waals surface area contributed by atoms with E-state index in [9.17, 15) is 0 Å². The summed E-state index contributed by atoms with van der Waals surface area (Å²) < 4.78 is 0. The van der Waals surface area contributed by atoms with Gasteiger partial charge < -0.3 is 0 Å². The Morgan fingerprint density at radius 2 is 1.80 bits per heavy atom. The molecule has 0 aliphatic heterocycles. The molecule has 0 aromatic carbocycles. The highest BCUT2D eigenvalue weighted by atomic mass is 28.3. The van der Waals surface area contributed by atoms with Crippen LogP contribution in [0.5, 0.6) is 0 Å². The minimum Gasteiger partial charge on any atom is -0.0711 e. The van der Waals surface area contributed by atoms with E-state index < -0.39 is 0 Å². The summed E-state index contributed by atoms with van der Waals surface area (Å²) in [5.41, 5.74) is 1.19. The first-order valence-electron chi connectivity index (χ1n) is 4.57. The van der Waals surface area contributed by atoms with Gasteiger partial charge in [0.15, 0.2) is 0 Å². The molecule has 10 heavy (non-hydrogen) atoms. The van der Waals surface area contributed by atoms with Crippen LogP contribution in [0.3, 0.4) is 0 Å². The summed E-state index contributed by atoms with van der Waals surface area (Å²) in [4.78, 5) is 0. The molecule has 0 nitrogen and oxygen atoms in total. The van der Waals surface area contributed by atoms with Gasteiger partial charge in [0.25, 0.3) is 0 Å². The van der Waals surface area contributed by atoms with E-state index in [0.29, 0.717) is 0 Å². The van der Waals surface area contributed by atoms with Crippen molar-refractivity contribution in [1.29, 1.82) is 0 Å². The van der Waals surface area contributed by atoms with E-state index in [0.717, 1.165) is 0 Å². The van der Waals surface area contributed by atoms with E-state index in [4.69, 9.17) is 0 Å². The molecule has 0 heterocycles. The summed E-state index contributed by atoms with van der Waals surface area (Å²) >= 11 is 0. The largest absolute Gasteiger partial charge is 0.0711 e. The van der Waals surface area contributed by atoms with Crippen LogP contribution in [0.2, 0.25) is 18.6 Å². The minimum atomic E-state index is 0.0540. The predicted octanol–water partition coefficient (Wildman–Crippen LogP) is 2.93. The van der Waals surface area contributed by atoms with Crippen LogP contribution < -0.4 is 0 Å². The standard InChI is InChI=1S/C9H17Si/c1-10(2)9-4-3-7-5-8(9)6-7/h7-9H,3-6H2,1-2H3. The van der Waals surface area contributed by atoms with Gasteiger partial charge in [0.05, 0.1) is 0 Å². The van der Waals surface area contributed by atoms with Crippen molar-refractivity contribution in [2.75, 3.05) is 0 Å². The lowest BCUT2D eigenvalue weighted by Crippen LogP contribution is -2.37. The lowest BCUT2D eigenvalue weighted by molar-refractivity contribution is 0.114. The average molecular weight is 153 g/mol. The van der Waals surface area contributed by atoms with E-state index in [1.54, 1.807) is 25.7 Å². The Morgan fingerprint density at radius 1 is 1.10 bits per heavy atom.